The standard InChI is InChI=1S/C19H23Cl2N5O.HI/c1-2-22-19(25-10-8-15-5-3-4-9-23-15)26-12-11-24-18(27)14-6-7-16(20)17(21)13-14;/h3-7,9,13H,2,8,10-12H2,1H3,(H,24,27)(H2,22,25,26);1H. The van der Waals surface area contributed by atoms with E-state index in [0.29, 0.717) is 41.2 Å². The highest BCUT2D eigenvalue weighted by Gasteiger charge is 2.07. The number of nitrogens with zero attached hydrogens (tertiary/aromatic N) is 2. The quantitative estimate of drug-likeness (QED) is 0.209. The van der Waals surface area contributed by atoms with Gasteiger partial charge in [0, 0.05) is 50.1 Å². The number of carbonyl (C=O) groups excluding carboxylic acids is 1. The molecule has 0 aliphatic carbocycles. The molecule has 6 nitrogen and oxygen atoms in total. The molecule has 0 fully saturated rings. The number of aromatic nitrogens is 1. The van der Waals surface area contributed by atoms with E-state index < -0.39 is 0 Å². The Kier molecular flexibility index (Phi) is 11.9. The first-order chi connectivity index (χ1) is 13.1. The maximum atomic E-state index is 12.1. The molecule has 2 aromatic rings. The van der Waals surface area contributed by atoms with Crippen molar-refractivity contribution >= 4 is 59.0 Å². The fourth-order valence-electron chi connectivity index (χ4n) is 2.27. The molecule has 0 unspecified atom stereocenters. The van der Waals surface area contributed by atoms with E-state index in [1.807, 2.05) is 25.1 Å². The Morgan fingerprint density at radius 3 is 2.54 bits per heavy atom. The van der Waals surface area contributed by atoms with E-state index in [2.05, 4.69) is 25.9 Å². The number of hydrogen-bond acceptors (Lipinski definition) is 3. The third-order valence-corrected chi connectivity index (χ3v) is 4.33. The van der Waals surface area contributed by atoms with Gasteiger partial charge >= 0.3 is 0 Å². The van der Waals surface area contributed by atoms with Crippen LogP contribution in [-0.2, 0) is 6.42 Å². The molecule has 152 valence electrons. The molecule has 2 rings (SSSR count). The van der Waals surface area contributed by atoms with E-state index in [9.17, 15) is 4.79 Å². The number of rotatable bonds is 8. The van der Waals surface area contributed by atoms with Crippen LogP contribution in [0.4, 0.5) is 0 Å². The van der Waals surface area contributed by atoms with Crippen LogP contribution in [0.15, 0.2) is 47.6 Å². The number of amides is 1. The molecular weight excluding hydrogens is 512 g/mol. The van der Waals surface area contributed by atoms with Crippen LogP contribution in [0, 0.1) is 0 Å². The predicted octanol–water partition coefficient (Wildman–Crippen LogP) is 3.53. The normalized spacial score (nSPS) is 10.8. The van der Waals surface area contributed by atoms with Gasteiger partial charge in [-0.1, -0.05) is 29.3 Å². The lowest BCUT2D eigenvalue weighted by atomic mass is 10.2. The Morgan fingerprint density at radius 1 is 1.07 bits per heavy atom. The zero-order valence-electron chi connectivity index (χ0n) is 15.5. The minimum Gasteiger partial charge on any atom is -0.357 e. The number of pyridine rings is 1. The molecule has 0 aliphatic heterocycles. The number of guanidine groups is 1. The molecule has 0 bridgehead atoms. The van der Waals surface area contributed by atoms with E-state index in [1.54, 1.807) is 24.4 Å². The Bertz CT molecular complexity index is 774. The van der Waals surface area contributed by atoms with E-state index in [-0.39, 0.29) is 29.9 Å². The predicted molar refractivity (Wildman–Crippen MR) is 126 cm³/mol. The molecule has 0 aliphatic rings. The number of halogens is 3. The minimum atomic E-state index is -0.201. The SMILES string of the molecule is CCNC(=NCCc1ccccn1)NCCNC(=O)c1ccc(Cl)c(Cl)c1.I. The van der Waals surface area contributed by atoms with Crippen LogP contribution >= 0.6 is 47.2 Å². The van der Waals surface area contributed by atoms with E-state index >= 15 is 0 Å². The molecule has 1 heterocycles. The molecule has 0 atom stereocenters. The summed E-state index contributed by atoms with van der Waals surface area (Å²) in [6.07, 6.45) is 2.55. The average molecular weight is 536 g/mol. The van der Waals surface area contributed by atoms with Crippen molar-refractivity contribution in [2.24, 2.45) is 4.99 Å². The van der Waals surface area contributed by atoms with Gasteiger partial charge in [0.15, 0.2) is 5.96 Å². The lowest BCUT2D eigenvalue weighted by Gasteiger charge is -2.12. The van der Waals surface area contributed by atoms with Crippen molar-refractivity contribution in [3.63, 3.8) is 0 Å². The van der Waals surface area contributed by atoms with E-state index in [0.717, 1.165) is 18.7 Å². The van der Waals surface area contributed by atoms with Gasteiger partial charge in [-0.2, -0.15) is 0 Å². The van der Waals surface area contributed by atoms with Crippen LogP contribution < -0.4 is 16.0 Å². The van der Waals surface area contributed by atoms with Gasteiger partial charge in [-0.3, -0.25) is 14.8 Å². The molecule has 1 aromatic heterocycles. The van der Waals surface area contributed by atoms with Gasteiger partial charge in [0.25, 0.3) is 5.91 Å². The summed E-state index contributed by atoms with van der Waals surface area (Å²) >= 11 is 11.8. The van der Waals surface area contributed by atoms with Crippen molar-refractivity contribution in [1.82, 2.24) is 20.9 Å². The van der Waals surface area contributed by atoms with Crippen molar-refractivity contribution in [3.8, 4) is 0 Å². The summed E-state index contributed by atoms with van der Waals surface area (Å²) in [6, 6.07) is 10.6. The zero-order chi connectivity index (χ0) is 19.5. The molecule has 1 aromatic carbocycles. The topological polar surface area (TPSA) is 78.4 Å². The molecule has 0 saturated heterocycles. The molecule has 0 spiro atoms. The van der Waals surface area contributed by atoms with Crippen molar-refractivity contribution < 1.29 is 4.79 Å². The lowest BCUT2D eigenvalue weighted by Crippen LogP contribution is -2.41. The number of carbonyl (C=O) groups is 1. The van der Waals surface area contributed by atoms with Crippen LogP contribution in [0.5, 0.6) is 0 Å². The van der Waals surface area contributed by atoms with Crippen molar-refractivity contribution in [2.45, 2.75) is 13.3 Å². The molecule has 3 N–H and O–H groups in total. The highest BCUT2D eigenvalue weighted by molar-refractivity contribution is 14.0. The van der Waals surface area contributed by atoms with Crippen LogP contribution in [0.25, 0.3) is 0 Å². The highest BCUT2D eigenvalue weighted by Crippen LogP contribution is 2.22. The van der Waals surface area contributed by atoms with Crippen LogP contribution in [-0.4, -0.2) is 43.0 Å². The first kappa shape index (κ1) is 24.5. The summed E-state index contributed by atoms with van der Waals surface area (Å²) in [4.78, 5) is 20.9. The van der Waals surface area contributed by atoms with Crippen LogP contribution in [0.2, 0.25) is 10.0 Å². The maximum absolute atomic E-state index is 12.1. The van der Waals surface area contributed by atoms with Crippen molar-refractivity contribution in [3.05, 3.63) is 63.9 Å². The fourth-order valence-corrected chi connectivity index (χ4v) is 2.56. The summed E-state index contributed by atoms with van der Waals surface area (Å²) in [5.74, 6) is 0.504. The third-order valence-electron chi connectivity index (χ3n) is 3.59. The Hall–Kier alpha value is -1.58. The largest absolute Gasteiger partial charge is 0.357 e. The smallest absolute Gasteiger partial charge is 0.251 e. The molecule has 28 heavy (non-hydrogen) atoms. The van der Waals surface area contributed by atoms with Gasteiger partial charge in [0.2, 0.25) is 0 Å². The van der Waals surface area contributed by atoms with Gasteiger partial charge < -0.3 is 16.0 Å². The summed E-state index contributed by atoms with van der Waals surface area (Å²) in [5.41, 5.74) is 1.48. The number of benzene rings is 1. The number of hydrogen-bond donors (Lipinski definition) is 3. The van der Waals surface area contributed by atoms with Crippen molar-refractivity contribution in [2.75, 3.05) is 26.2 Å². The average Bonchev–Trinajstić information content (AvgIpc) is 2.68. The van der Waals surface area contributed by atoms with E-state index in [4.69, 9.17) is 23.2 Å². The number of nitrogens with one attached hydrogen (secondary N) is 3. The second-order valence-corrected chi connectivity index (χ2v) is 6.46. The number of aliphatic imine (C=N–C) groups is 1. The molecule has 0 saturated carbocycles. The minimum absolute atomic E-state index is 0. The second-order valence-electron chi connectivity index (χ2n) is 5.64. The summed E-state index contributed by atoms with van der Waals surface area (Å²) < 4.78 is 0. The van der Waals surface area contributed by atoms with Crippen LogP contribution in [0.3, 0.4) is 0 Å². The summed E-state index contributed by atoms with van der Waals surface area (Å²) in [5, 5.41) is 9.98. The van der Waals surface area contributed by atoms with Gasteiger partial charge in [-0.25, -0.2) is 0 Å². The Morgan fingerprint density at radius 2 is 1.86 bits per heavy atom. The molecule has 1 amide bonds. The molecule has 0 radical (unpaired) electrons. The van der Waals surface area contributed by atoms with Crippen LogP contribution in [0.1, 0.15) is 23.0 Å². The van der Waals surface area contributed by atoms with Gasteiger partial charge in [-0.05, 0) is 37.3 Å². The first-order valence-corrected chi connectivity index (χ1v) is 9.51. The Balaban J connectivity index is 0.00000392. The Labute approximate surface area is 192 Å². The van der Waals surface area contributed by atoms with Gasteiger partial charge in [0.05, 0.1) is 10.0 Å². The monoisotopic (exact) mass is 535 g/mol. The van der Waals surface area contributed by atoms with Gasteiger partial charge in [-0.15, -0.1) is 24.0 Å². The van der Waals surface area contributed by atoms with Gasteiger partial charge in [0.1, 0.15) is 0 Å². The van der Waals surface area contributed by atoms with Crippen molar-refractivity contribution in [1.29, 1.82) is 0 Å². The molecular formula is C19H24Cl2IN5O. The lowest BCUT2D eigenvalue weighted by molar-refractivity contribution is 0.0954. The zero-order valence-corrected chi connectivity index (χ0v) is 19.4. The summed E-state index contributed by atoms with van der Waals surface area (Å²) in [7, 11) is 0. The second kappa shape index (κ2) is 13.6. The third kappa shape index (κ3) is 8.62. The highest BCUT2D eigenvalue weighted by atomic mass is 127. The molecule has 9 heteroatoms. The maximum Gasteiger partial charge on any atom is 0.251 e. The summed E-state index contributed by atoms with van der Waals surface area (Å²) in [6.45, 7) is 4.38. The fraction of sp³-hybridized carbons (Fsp3) is 0.316. The van der Waals surface area contributed by atoms with E-state index in [1.165, 1.54) is 0 Å². The first-order valence-electron chi connectivity index (χ1n) is 8.75.